The summed E-state index contributed by atoms with van der Waals surface area (Å²) in [5, 5.41) is 9.36. The van der Waals surface area contributed by atoms with Crippen LogP contribution in [0.2, 0.25) is 0 Å². The molecule has 2 saturated heterocycles. The first-order valence-electron chi connectivity index (χ1n) is 6.45. The van der Waals surface area contributed by atoms with Crippen LogP contribution in [-0.2, 0) is 19.7 Å². The van der Waals surface area contributed by atoms with Crippen LogP contribution < -0.4 is 0 Å². The van der Waals surface area contributed by atoms with Gasteiger partial charge in [0.05, 0.1) is 13.2 Å². The largest absolute Gasteiger partial charge is 0.480 e. The Hall–Kier alpha value is -1.53. The number of hydrogen-bond donors (Lipinski definition) is 1. The molecule has 1 N–H and O–H groups in total. The van der Waals surface area contributed by atoms with Crippen molar-refractivity contribution in [3.63, 3.8) is 0 Å². The smallest absolute Gasteiger partial charge is 0.322 e. The monoisotopic (exact) mass is 264 g/mol. The Labute approximate surface area is 110 Å². The molecule has 0 aliphatic carbocycles. The fourth-order valence-electron chi connectivity index (χ4n) is 2.48. The van der Waals surface area contributed by atoms with Crippen LogP contribution in [0.5, 0.6) is 0 Å². The van der Waals surface area contributed by atoms with E-state index in [1.165, 1.54) is 0 Å². The van der Waals surface area contributed by atoms with Crippen molar-refractivity contribution < 1.29 is 19.4 Å². The maximum Gasteiger partial charge on any atom is 0.322 e. The molecule has 19 heavy (non-hydrogen) atoms. The van der Waals surface area contributed by atoms with E-state index in [1.54, 1.807) is 6.20 Å². The van der Waals surface area contributed by atoms with Crippen molar-refractivity contribution in [3.05, 3.63) is 23.8 Å². The molecule has 6 heteroatoms. The minimum atomic E-state index is -1.05. The van der Waals surface area contributed by atoms with Crippen LogP contribution in [0.1, 0.15) is 30.3 Å². The topological polar surface area (TPSA) is 81.5 Å². The minimum absolute atomic E-state index is 0.152. The number of ether oxygens (including phenoxy) is 2. The molecule has 0 bridgehead atoms. The first kappa shape index (κ1) is 12.5. The Balaban J connectivity index is 1.89. The molecular weight excluding hydrogens is 248 g/mol. The fourth-order valence-corrected chi connectivity index (χ4v) is 2.48. The second kappa shape index (κ2) is 4.86. The van der Waals surface area contributed by atoms with Crippen molar-refractivity contribution in [2.45, 2.75) is 24.2 Å². The van der Waals surface area contributed by atoms with Gasteiger partial charge in [0.25, 0.3) is 0 Å². The van der Waals surface area contributed by atoms with Crippen molar-refractivity contribution in [1.82, 2.24) is 9.97 Å². The van der Waals surface area contributed by atoms with Gasteiger partial charge in [0.2, 0.25) is 0 Å². The van der Waals surface area contributed by atoms with Gasteiger partial charge < -0.3 is 14.6 Å². The number of hydrogen-bond acceptors (Lipinski definition) is 5. The first-order chi connectivity index (χ1) is 9.22. The summed E-state index contributed by atoms with van der Waals surface area (Å²) >= 11 is 0. The summed E-state index contributed by atoms with van der Waals surface area (Å²) in [5.74, 6) is -0.208. The van der Waals surface area contributed by atoms with Gasteiger partial charge >= 0.3 is 5.97 Å². The third kappa shape index (κ3) is 2.11. The lowest BCUT2D eigenvalue weighted by atomic mass is 9.84. The van der Waals surface area contributed by atoms with Crippen LogP contribution in [0.4, 0.5) is 0 Å². The van der Waals surface area contributed by atoms with Crippen molar-refractivity contribution in [2.24, 2.45) is 0 Å². The maximum absolute atomic E-state index is 11.4. The summed E-state index contributed by atoms with van der Waals surface area (Å²) in [5.41, 5.74) is -0.137. The summed E-state index contributed by atoms with van der Waals surface area (Å²) in [6.07, 6.45) is 3.50. The lowest BCUT2D eigenvalue weighted by molar-refractivity contribution is -0.164. The molecule has 1 aromatic heterocycles. The highest BCUT2D eigenvalue weighted by molar-refractivity contribution is 5.81. The summed E-state index contributed by atoms with van der Waals surface area (Å²) in [6.45, 7) is 1.77. The molecule has 3 heterocycles. The average Bonchev–Trinajstić information content (AvgIpc) is 2.38. The van der Waals surface area contributed by atoms with Gasteiger partial charge in [0.15, 0.2) is 11.2 Å². The summed E-state index contributed by atoms with van der Waals surface area (Å²) < 4.78 is 10.4. The molecule has 0 atom stereocenters. The Morgan fingerprint density at radius 2 is 2.05 bits per heavy atom. The lowest BCUT2D eigenvalue weighted by Gasteiger charge is -2.36. The number of aromatic nitrogens is 2. The standard InChI is InChI=1S/C13H16N2O4/c16-12(17)13(7-19-8-13)11-14-4-1-10(15-11)9-2-5-18-6-3-9/h1,4,9H,2-3,5-8H2,(H,16,17). The zero-order valence-electron chi connectivity index (χ0n) is 10.5. The molecule has 0 saturated carbocycles. The van der Waals surface area contributed by atoms with E-state index in [0.717, 1.165) is 31.7 Å². The second-order valence-electron chi connectivity index (χ2n) is 5.07. The zero-order valence-corrected chi connectivity index (χ0v) is 10.5. The van der Waals surface area contributed by atoms with E-state index in [2.05, 4.69) is 9.97 Å². The summed E-state index contributed by atoms with van der Waals surface area (Å²) in [4.78, 5) is 20.0. The number of carboxylic acids is 1. The van der Waals surface area contributed by atoms with Crippen LogP contribution in [0.3, 0.4) is 0 Å². The molecule has 0 spiro atoms. The molecule has 3 rings (SSSR count). The van der Waals surface area contributed by atoms with Crippen molar-refractivity contribution in [1.29, 1.82) is 0 Å². The average molecular weight is 264 g/mol. The van der Waals surface area contributed by atoms with E-state index in [-0.39, 0.29) is 13.2 Å². The highest BCUT2D eigenvalue weighted by atomic mass is 16.5. The first-order valence-corrected chi connectivity index (χ1v) is 6.45. The van der Waals surface area contributed by atoms with Crippen molar-refractivity contribution in [3.8, 4) is 0 Å². The number of nitrogens with zero attached hydrogens (tertiary/aromatic N) is 2. The third-order valence-corrected chi connectivity index (χ3v) is 3.85. The van der Waals surface area contributed by atoms with Crippen LogP contribution >= 0.6 is 0 Å². The molecule has 2 aliphatic rings. The van der Waals surface area contributed by atoms with E-state index in [4.69, 9.17) is 9.47 Å². The van der Waals surface area contributed by atoms with E-state index in [9.17, 15) is 9.90 Å². The van der Waals surface area contributed by atoms with Gasteiger partial charge in [-0.2, -0.15) is 0 Å². The molecule has 0 aromatic carbocycles. The highest BCUT2D eigenvalue weighted by Crippen LogP contribution is 2.32. The molecular formula is C13H16N2O4. The van der Waals surface area contributed by atoms with Gasteiger partial charge in [-0.05, 0) is 18.9 Å². The van der Waals surface area contributed by atoms with Crippen LogP contribution in [0.25, 0.3) is 0 Å². The van der Waals surface area contributed by atoms with E-state index in [1.807, 2.05) is 6.07 Å². The fraction of sp³-hybridized carbons (Fsp3) is 0.615. The number of carbonyl (C=O) groups is 1. The van der Waals surface area contributed by atoms with E-state index < -0.39 is 11.4 Å². The van der Waals surface area contributed by atoms with Gasteiger partial charge in [-0.3, -0.25) is 4.79 Å². The molecule has 102 valence electrons. The summed E-state index contributed by atoms with van der Waals surface area (Å²) in [7, 11) is 0. The minimum Gasteiger partial charge on any atom is -0.480 e. The number of aliphatic carboxylic acids is 1. The molecule has 2 aliphatic heterocycles. The number of carboxylic acid groups (broad SMARTS) is 1. The molecule has 6 nitrogen and oxygen atoms in total. The Kier molecular flexibility index (Phi) is 3.20. The maximum atomic E-state index is 11.4. The third-order valence-electron chi connectivity index (χ3n) is 3.85. The zero-order chi connectivity index (χ0) is 13.3. The van der Waals surface area contributed by atoms with Crippen LogP contribution in [-0.4, -0.2) is 47.5 Å². The Morgan fingerprint density at radius 1 is 1.32 bits per heavy atom. The molecule has 2 fully saturated rings. The molecule has 0 amide bonds. The van der Waals surface area contributed by atoms with Gasteiger partial charge in [-0.25, -0.2) is 9.97 Å². The highest BCUT2D eigenvalue weighted by Gasteiger charge is 2.50. The molecule has 0 radical (unpaired) electrons. The van der Waals surface area contributed by atoms with Gasteiger partial charge in [0.1, 0.15) is 0 Å². The normalized spacial score (nSPS) is 22.7. The predicted octanol–water partition coefficient (Wildman–Crippen LogP) is 0.723. The lowest BCUT2D eigenvalue weighted by Crippen LogP contribution is -2.54. The Morgan fingerprint density at radius 3 is 2.63 bits per heavy atom. The predicted molar refractivity (Wildman–Crippen MR) is 65.0 cm³/mol. The summed E-state index contributed by atoms with van der Waals surface area (Å²) in [6, 6.07) is 1.87. The second-order valence-corrected chi connectivity index (χ2v) is 5.07. The molecule has 1 aromatic rings. The Bertz CT molecular complexity index is 481. The van der Waals surface area contributed by atoms with Gasteiger partial charge in [-0.1, -0.05) is 0 Å². The van der Waals surface area contributed by atoms with Gasteiger partial charge in [-0.15, -0.1) is 0 Å². The quantitative estimate of drug-likeness (QED) is 0.866. The van der Waals surface area contributed by atoms with Crippen molar-refractivity contribution >= 4 is 5.97 Å². The van der Waals surface area contributed by atoms with Crippen LogP contribution in [0, 0.1) is 0 Å². The van der Waals surface area contributed by atoms with Gasteiger partial charge in [0, 0.05) is 31.0 Å². The van der Waals surface area contributed by atoms with Crippen molar-refractivity contribution in [2.75, 3.05) is 26.4 Å². The molecule has 0 unspecified atom stereocenters. The van der Waals surface area contributed by atoms with E-state index in [0.29, 0.717) is 11.7 Å². The number of rotatable bonds is 3. The van der Waals surface area contributed by atoms with Crippen LogP contribution in [0.15, 0.2) is 12.3 Å². The van der Waals surface area contributed by atoms with E-state index >= 15 is 0 Å². The SMILES string of the molecule is O=C(O)C1(c2nccc(C3CCOCC3)n2)COC1.